The van der Waals surface area contributed by atoms with Crippen molar-refractivity contribution >= 4 is 23.5 Å². The van der Waals surface area contributed by atoms with Crippen LogP contribution in [0.5, 0.6) is 0 Å². The number of carbonyl (C=O) groups is 2. The predicted molar refractivity (Wildman–Crippen MR) is 51.7 cm³/mol. The average Bonchev–Trinajstić information content (AvgIpc) is 2.75. The number of thioether (sulfide) groups is 1. The molecule has 2 heterocycles. The minimum absolute atomic E-state index is 0.0755. The molecule has 0 bridgehead atoms. The topological polar surface area (TPSA) is 59.3 Å². The van der Waals surface area contributed by atoms with Crippen molar-refractivity contribution in [2.24, 2.45) is 0 Å². The van der Waals surface area contributed by atoms with Crippen molar-refractivity contribution in [3.63, 3.8) is 0 Å². The van der Waals surface area contributed by atoms with Gasteiger partial charge in [-0.2, -0.15) is 0 Å². The number of nitrogens with one attached hydrogen (secondary N) is 1. The van der Waals surface area contributed by atoms with E-state index in [4.69, 9.17) is 4.42 Å². The van der Waals surface area contributed by atoms with Crippen molar-refractivity contribution in [2.45, 2.75) is 0 Å². The molecular formula is C9H7NO3S. The van der Waals surface area contributed by atoms with Gasteiger partial charge >= 0.3 is 0 Å². The van der Waals surface area contributed by atoms with E-state index in [-0.39, 0.29) is 17.5 Å². The Morgan fingerprint density at radius 1 is 1.64 bits per heavy atom. The lowest BCUT2D eigenvalue weighted by Gasteiger charge is -1.93. The molecule has 0 aliphatic carbocycles. The summed E-state index contributed by atoms with van der Waals surface area (Å²) in [5.41, 5.74) is 0. The molecule has 1 N–H and O–H groups in total. The summed E-state index contributed by atoms with van der Waals surface area (Å²) in [6.07, 6.45) is 2.81. The number of furan rings is 1. The normalized spacial score (nSPS) is 18.6. The Hall–Kier alpha value is -1.49. The molecule has 1 aromatic heterocycles. The van der Waals surface area contributed by atoms with Gasteiger partial charge < -0.3 is 9.73 Å². The minimum atomic E-state index is -0.236. The van der Waals surface area contributed by atoms with Crippen LogP contribution in [0, 0.1) is 0 Å². The average molecular weight is 209 g/mol. The highest BCUT2D eigenvalue weighted by Crippen LogP contribution is 2.19. The van der Waals surface area contributed by atoms with E-state index in [0.29, 0.717) is 10.8 Å². The van der Waals surface area contributed by atoms with Crippen molar-refractivity contribution in [3.8, 4) is 0 Å². The van der Waals surface area contributed by atoms with Gasteiger partial charge in [-0.05, 0) is 12.1 Å². The van der Waals surface area contributed by atoms with E-state index in [0.717, 1.165) is 0 Å². The van der Waals surface area contributed by atoms with Gasteiger partial charge in [-0.25, -0.2) is 0 Å². The Labute approximate surface area is 84.4 Å². The molecule has 72 valence electrons. The number of hydrogen-bond acceptors (Lipinski definition) is 4. The lowest BCUT2D eigenvalue weighted by molar-refractivity contribution is -0.117. The first-order valence-electron chi connectivity index (χ1n) is 3.98. The van der Waals surface area contributed by atoms with Gasteiger partial charge in [0.25, 0.3) is 0 Å². The van der Waals surface area contributed by atoms with Gasteiger partial charge in [0, 0.05) is 6.08 Å². The van der Waals surface area contributed by atoms with Gasteiger partial charge in [0.05, 0.1) is 17.0 Å². The summed E-state index contributed by atoms with van der Waals surface area (Å²) in [6, 6.07) is 3.23. The molecule has 0 radical (unpaired) electrons. The minimum Gasteiger partial charge on any atom is -0.461 e. The molecule has 0 aromatic carbocycles. The summed E-state index contributed by atoms with van der Waals surface area (Å²) in [6.45, 7) is 0. The first kappa shape index (κ1) is 9.08. The molecule has 0 saturated carbocycles. The van der Waals surface area contributed by atoms with E-state index >= 15 is 0 Å². The van der Waals surface area contributed by atoms with Gasteiger partial charge in [0.15, 0.2) is 5.76 Å². The maximum atomic E-state index is 11.4. The van der Waals surface area contributed by atoms with Crippen molar-refractivity contribution < 1.29 is 14.0 Å². The number of ketones is 1. The zero-order chi connectivity index (χ0) is 9.97. The van der Waals surface area contributed by atoms with Crippen LogP contribution in [-0.4, -0.2) is 17.4 Å². The molecule has 1 saturated heterocycles. The van der Waals surface area contributed by atoms with E-state index in [1.54, 1.807) is 12.1 Å². The summed E-state index contributed by atoms with van der Waals surface area (Å²) in [5.74, 6) is 0.338. The van der Waals surface area contributed by atoms with E-state index in [9.17, 15) is 9.59 Å². The highest BCUT2D eigenvalue weighted by Gasteiger charge is 2.17. The second kappa shape index (κ2) is 3.71. The first-order chi connectivity index (χ1) is 6.75. The van der Waals surface area contributed by atoms with Gasteiger partial charge in [-0.15, -0.1) is 0 Å². The second-order valence-corrected chi connectivity index (χ2v) is 3.70. The van der Waals surface area contributed by atoms with Crippen LogP contribution in [0.2, 0.25) is 0 Å². The molecule has 0 atom stereocenters. The Morgan fingerprint density at radius 2 is 2.50 bits per heavy atom. The maximum absolute atomic E-state index is 11.4. The molecule has 2 rings (SSSR count). The van der Waals surface area contributed by atoms with Gasteiger partial charge in [0.2, 0.25) is 11.7 Å². The zero-order valence-electron chi connectivity index (χ0n) is 7.15. The molecule has 1 aliphatic rings. The Bertz CT molecular complexity index is 394. The standard InChI is InChI=1S/C9H7NO3S/c11-6(7-2-1-3-13-7)4-9-10-8(12)5-14-9/h1-4H,5H2,(H,10,12)/b9-4+. The number of rotatable bonds is 2. The van der Waals surface area contributed by atoms with Crippen LogP contribution in [0.3, 0.4) is 0 Å². The Balaban J connectivity index is 2.11. The smallest absolute Gasteiger partial charge is 0.235 e. The van der Waals surface area contributed by atoms with E-state index < -0.39 is 0 Å². The van der Waals surface area contributed by atoms with Crippen LogP contribution in [0.25, 0.3) is 0 Å². The van der Waals surface area contributed by atoms with Crippen LogP contribution < -0.4 is 5.32 Å². The highest BCUT2D eigenvalue weighted by molar-refractivity contribution is 8.04. The van der Waals surface area contributed by atoms with Gasteiger partial charge in [0.1, 0.15) is 0 Å². The predicted octanol–water partition coefficient (Wildman–Crippen LogP) is 1.17. The number of carbonyl (C=O) groups excluding carboxylic acids is 2. The summed E-state index contributed by atoms with van der Waals surface area (Å²) in [4.78, 5) is 22.2. The fourth-order valence-electron chi connectivity index (χ4n) is 1.04. The maximum Gasteiger partial charge on any atom is 0.235 e. The molecule has 4 nitrogen and oxygen atoms in total. The van der Waals surface area contributed by atoms with Crippen molar-refractivity contribution in [2.75, 3.05) is 5.75 Å². The van der Waals surface area contributed by atoms with Crippen molar-refractivity contribution in [1.82, 2.24) is 5.32 Å². The lowest BCUT2D eigenvalue weighted by atomic mass is 10.3. The molecule has 14 heavy (non-hydrogen) atoms. The van der Waals surface area contributed by atoms with E-state index in [1.807, 2.05) is 0 Å². The lowest BCUT2D eigenvalue weighted by Crippen LogP contribution is -2.14. The molecule has 0 unspecified atom stereocenters. The van der Waals surface area contributed by atoms with Crippen molar-refractivity contribution in [1.29, 1.82) is 0 Å². The fourth-order valence-corrected chi connectivity index (χ4v) is 1.77. The largest absolute Gasteiger partial charge is 0.461 e. The molecule has 5 heteroatoms. The summed E-state index contributed by atoms with van der Waals surface area (Å²) in [5, 5.41) is 3.15. The second-order valence-electron chi connectivity index (χ2n) is 2.69. The van der Waals surface area contributed by atoms with E-state index in [1.165, 1.54) is 24.1 Å². The van der Waals surface area contributed by atoms with Crippen LogP contribution in [0.4, 0.5) is 0 Å². The number of amides is 1. The summed E-state index contributed by atoms with van der Waals surface area (Å²) < 4.78 is 4.92. The van der Waals surface area contributed by atoms with Crippen LogP contribution in [0.15, 0.2) is 33.9 Å². The number of hydrogen-bond donors (Lipinski definition) is 1. The number of allylic oxidation sites excluding steroid dienone is 1. The molecule has 1 aliphatic heterocycles. The van der Waals surface area contributed by atoms with Crippen LogP contribution in [-0.2, 0) is 4.79 Å². The quantitative estimate of drug-likeness (QED) is 0.586. The van der Waals surface area contributed by atoms with Gasteiger partial charge in [-0.1, -0.05) is 11.8 Å². The fraction of sp³-hybridized carbons (Fsp3) is 0.111. The third-order valence-corrected chi connectivity index (χ3v) is 2.59. The molecule has 1 amide bonds. The van der Waals surface area contributed by atoms with Gasteiger partial charge in [-0.3, -0.25) is 9.59 Å². The van der Waals surface area contributed by atoms with Crippen LogP contribution in [0.1, 0.15) is 10.6 Å². The Kier molecular flexibility index (Phi) is 2.41. The van der Waals surface area contributed by atoms with Crippen LogP contribution >= 0.6 is 11.8 Å². The molecule has 0 spiro atoms. The first-order valence-corrected chi connectivity index (χ1v) is 4.96. The summed E-state index contributed by atoms with van der Waals surface area (Å²) in [7, 11) is 0. The van der Waals surface area contributed by atoms with Crippen molar-refractivity contribution in [3.05, 3.63) is 35.3 Å². The highest BCUT2D eigenvalue weighted by atomic mass is 32.2. The monoisotopic (exact) mass is 209 g/mol. The third kappa shape index (κ3) is 1.88. The third-order valence-electron chi connectivity index (χ3n) is 1.65. The summed E-state index contributed by atoms with van der Waals surface area (Å²) >= 11 is 1.31. The molecule has 1 aromatic rings. The molecular weight excluding hydrogens is 202 g/mol. The zero-order valence-corrected chi connectivity index (χ0v) is 7.97. The Morgan fingerprint density at radius 3 is 3.07 bits per heavy atom. The molecule has 1 fully saturated rings. The SMILES string of the molecule is O=C1CS/C(=C/C(=O)c2ccco2)N1. The van der Waals surface area contributed by atoms with E-state index in [2.05, 4.69) is 5.32 Å².